The second kappa shape index (κ2) is 14.1. The third-order valence-electron chi connectivity index (χ3n) is 5.71. The molecule has 198 valence electrons. The van der Waals surface area contributed by atoms with Gasteiger partial charge in [0.25, 0.3) is 0 Å². The van der Waals surface area contributed by atoms with Crippen LogP contribution in [0.1, 0.15) is 45.1 Å². The van der Waals surface area contributed by atoms with Crippen LogP contribution in [0.25, 0.3) is 0 Å². The van der Waals surface area contributed by atoms with E-state index in [1.54, 1.807) is 41.3 Å². The standard InChI is InChI=1S/C26H36ClN3O5S/c1-5-17-28-26(32)22(6-2)29(19-20-13-15-21(27)16-14-20)25(31)12-9-18-30(36(4,33)34)23-10-7-8-11-24(23)35-3/h7-8,10-11,13-16,22H,5-6,9,12,17-19H2,1-4H3,(H,28,32)/t22-/m0/s1. The number of nitrogens with zero attached hydrogens (tertiary/aromatic N) is 2. The van der Waals surface area contributed by atoms with Crippen molar-refractivity contribution in [3.63, 3.8) is 0 Å². The smallest absolute Gasteiger partial charge is 0.242 e. The van der Waals surface area contributed by atoms with Gasteiger partial charge >= 0.3 is 0 Å². The van der Waals surface area contributed by atoms with Gasteiger partial charge in [0.1, 0.15) is 11.8 Å². The molecule has 0 saturated carbocycles. The van der Waals surface area contributed by atoms with E-state index in [-0.39, 0.29) is 37.7 Å². The van der Waals surface area contributed by atoms with E-state index in [1.165, 1.54) is 11.4 Å². The van der Waals surface area contributed by atoms with Crippen molar-refractivity contribution >= 4 is 39.1 Å². The van der Waals surface area contributed by atoms with Crippen molar-refractivity contribution in [2.24, 2.45) is 0 Å². The molecule has 36 heavy (non-hydrogen) atoms. The molecule has 0 fully saturated rings. The van der Waals surface area contributed by atoms with E-state index in [9.17, 15) is 18.0 Å². The zero-order chi connectivity index (χ0) is 26.7. The van der Waals surface area contributed by atoms with Crippen LogP contribution in [0.5, 0.6) is 5.75 Å². The van der Waals surface area contributed by atoms with Gasteiger partial charge in [0.2, 0.25) is 21.8 Å². The Morgan fingerprint density at radius 3 is 2.33 bits per heavy atom. The van der Waals surface area contributed by atoms with Crippen LogP contribution < -0.4 is 14.4 Å². The van der Waals surface area contributed by atoms with Crippen LogP contribution in [-0.4, -0.2) is 57.6 Å². The summed E-state index contributed by atoms with van der Waals surface area (Å²) < 4.78 is 31.6. The first-order valence-corrected chi connectivity index (χ1v) is 14.3. The van der Waals surface area contributed by atoms with Gasteiger partial charge in [0, 0.05) is 31.1 Å². The Morgan fingerprint density at radius 2 is 1.75 bits per heavy atom. The van der Waals surface area contributed by atoms with Crippen LogP contribution in [0.15, 0.2) is 48.5 Å². The molecule has 0 radical (unpaired) electrons. The minimum absolute atomic E-state index is 0.0757. The van der Waals surface area contributed by atoms with E-state index >= 15 is 0 Å². The summed E-state index contributed by atoms with van der Waals surface area (Å²) in [5.74, 6) is 0.00244. The summed E-state index contributed by atoms with van der Waals surface area (Å²) in [5, 5.41) is 3.47. The molecule has 0 saturated heterocycles. The predicted octanol–water partition coefficient (Wildman–Crippen LogP) is 4.23. The van der Waals surface area contributed by atoms with Crippen LogP contribution in [-0.2, 0) is 26.2 Å². The van der Waals surface area contributed by atoms with Crippen molar-refractivity contribution < 1.29 is 22.7 Å². The van der Waals surface area contributed by atoms with Crippen molar-refractivity contribution in [2.75, 3.05) is 30.8 Å². The lowest BCUT2D eigenvalue weighted by Crippen LogP contribution is -2.49. The Labute approximate surface area is 219 Å². The monoisotopic (exact) mass is 537 g/mol. The van der Waals surface area contributed by atoms with Gasteiger partial charge in [-0.05, 0) is 49.1 Å². The van der Waals surface area contributed by atoms with Crippen LogP contribution >= 0.6 is 11.6 Å². The van der Waals surface area contributed by atoms with E-state index in [2.05, 4.69) is 5.32 Å². The lowest BCUT2D eigenvalue weighted by Gasteiger charge is -2.31. The van der Waals surface area contributed by atoms with E-state index < -0.39 is 16.1 Å². The Morgan fingerprint density at radius 1 is 1.08 bits per heavy atom. The Balaban J connectivity index is 2.22. The number of methoxy groups -OCH3 is 1. The number of hydrogen-bond acceptors (Lipinski definition) is 5. The molecule has 10 heteroatoms. The van der Waals surface area contributed by atoms with Gasteiger partial charge in [-0.25, -0.2) is 8.42 Å². The maximum Gasteiger partial charge on any atom is 0.242 e. The van der Waals surface area contributed by atoms with Crippen LogP contribution in [0.2, 0.25) is 5.02 Å². The number of nitrogens with one attached hydrogen (secondary N) is 1. The fraction of sp³-hybridized carbons (Fsp3) is 0.462. The number of carbonyl (C=O) groups excluding carboxylic acids is 2. The third kappa shape index (κ3) is 8.41. The number of sulfonamides is 1. The molecule has 2 aromatic carbocycles. The summed E-state index contributed by atoms with van der Waals surface area (Å²) in [6.07, 6.45) is 2.71. The summed E-state index contributed by atoms with van der Waals surface area (Å²) in [6, 6.07) is 13.3. The summed E-state index contributed by atoms with van der Waals surface area (Å²) >= 11 is 6.01. The first-order valence-electron chi connectivity index (χ1n) is 12.0. The van der Waals surface area contributed by atoms with Crippen molar-refractivity contribution in [2.45, 2.75) is 52.1 Å². The highest BCUT2D eigenvalue weighted by Crippen LogP contribution is 2.29. The summed E-state index contributed by atoms with van der Waals surface area (Å²) in [7, 11) is -2.14. The van der Waals surface area contributed by atoms with Crippen molar-refractivity contribution in [1.29, 1.82) is 0 Å². The zero-order valence-electron chi connectivity index (χ0n) is 21.4. The molecule has 2 rings (SSSR count). The topological polar surface area (TPSA) is 96.0 Å². The van der Waals surface area contributed by atoms with Gasteiger partial charge in [-0.3, -0.25) is 13.9 Å². The van der Waals surface area contributed by atoms with Crippen LogP contribution in [0.3, 0.4) is 0 Å². The number of para-hydroxylation sites is 2. The first-order chi connectivity index (χ1) is 17.1. The molecule has 2 aromatic rings. The fourth-order valence-electron chi connectivity index (χ4n) is 3.89. The van der Waals surface area contributed by atoms with Gasteiger partial charge in [-0.15, -0.1) is 0 Å². The fourth-order valence-corrected chi connectivity index (χ4v) is 4.99. The molecule has 0 bridgehead atoms. The molecule has 8 nitrogen and oxygen atoms in total. The Bertz CT molecular complexity index is 1110. The molecule has 0 aliphatic heterocycles. The maximum absolute atomic E-state index is 13.4. The SMILES string of the molecule is CCCNC(=O)[C@H](CC)N(Cc1ccc(Cl)cc1)C(=O)CCCN(c1ccccc1OC)S(C)(=O)=O. The van der Waals surface area contributed by atoms with E-state index in [0.717, 1.165) is 18.2 Å². The van der Waals surface area contributed by atoms with Crippen molar-refractivity contribution in [3.05, 3.63) is 59.1 Å². The number of benzene rings is 2. The van der Waals surface area contributed by atoms with Gasteiger partial charge in [-0.1, -0.05) is 49.7 Å². The molecule has 0 unspecified atom stereocenters. The minimum Gasteiger partial charge on any atom is -0.495 e. The average Bonchev–Trinajstić information content (AvgIpc) is 2.85. The van der Waals surface area contributed by atoms with E-state index in [4.69, 9.17) is 16.3 Å². The van der Waals surface area contributed by atoms with E-state index in [1.807, 2.05) is 26.0 Å². The normalized spacial score (nSPS) is 12.0. The van der Waals surface area contributed by atoms with Crippen molar-refractivity contribution in [3.8, 4) is 5.75 Å². The molecular weight excluding hydrogens is 502 g/mol. The predicted molar refractivity (Wildman–Crippen MR) is 144 cm³/mol. The van der Waals surface area contributed by atoms with Gasteiger partial charge in [-0.2, -0.15) is 0 Å². The van der Waals surface area contributed by atoms with E-state index in [0.29, 0.717) is 29.4 Å². The highest BCUT2D eigenvalue weighted by Gasteiger charge is 2.29. The largest absolute Gasteiger partial charge is 0.495 e. The molecule has 2 amide bonds. The molecule has 0 aromatic heterocycles. The number of ether oxygens (including phenoxy) is 1. The minimum atomic E-state index is -3.61. The lowest BCUT2D eigenvalue weighted by atomic mass is 10.1. The highest BCUT2D eigenvalue weighted by molar-refractivity contribution is 7.92. The van der Waals surface area contributed by atoms with Crippen molar-refractivity contribution in [1.82, 2.24) is 10.2 Å². The molecular formula is C26H36ClN3O5S. The molecule has 1 N–H and O–H groups in total. The number of rotatable bonds is 14. The molecule has 1 atom stereocenters. The van der Waals surface area contributed by atoms with Gasteiger partial charge in [0.05, 0.1) is 19.1 Å². The number of amides is 2. The lowest BCUT2D eigenvalue weighted by molar-refractivity contribution is -0.141. The van der Waals surface area contributed by atoms with Gasteiger partial charge < -0.3 is 15.0 Å². The van der Waals surface area contributed by atoms with Crippen LogP contribution in [0, 0.1) is 0 Å². The second-order valence-electron chi connectivity index (χ2n) is 8.47. The molecule has 0 spiro atoms. The third-order valence-corrected chi connectivity index (χ3v) is 7.14. The zero-order valence-corrected chi connectivity index (χ0v) is 22.9. The highest BCUT2D eigenvalue weighted by atomic mass is 35.5. The molecule has 0 heterocycles. The maximum atomic E-state index is 13.4. The van der Waals surface area contributed by atoms with Gasteiger partial charge in [0.15, 0.2) is 0 Å². The average molecular weight is 538 g/mol. The molecule has 0 aliphatic rings. The Kier molecular flexibility index (Phi) is 11.5. The number of halogens is 1. The first kappa shape index (κ1) is 29.5. The second-order valence-corrected chi connectivity index (χ2v) is 10.8. The quantitative estimate of drug-likeness (QED) is 0.389. The van der Waals surface area contributed by atoms with Crippen LogP contribution in [0.4, 0.5) is 5.69 Å². The number of carbonyl (C=O) groups is 2. The summed E-state index contributed by atoms with van der Waals surface area (Å²) in [4.78, 5) is 27.8. The summed E-state index contributed by atoms with van der Waals surface area (Å²) in [6.45, 7) is 4.70. The number of anilines is 1. The summed E-state index contributed by atoms with van der Waals surface area (Å²) in [5.41, 5.74) is 1.26. The molecule has 0 aliphatic carbocycles. The Hall–Kier alpha value is -2.78. The number of hydrogen-bond donors (Lipinski definition) is 1.